The number of amides is 1. The molecular formula is C15H13ClFNO2. The van der Waals surface area contributed by atoms with Gasteiger partial charge in [-0.05, 0) is 42.0 Å². The molecule has 0 unspecified atom stereocenters. The Labute approximate surface area is 121 Å². The molecule has 0 radical (unpaired) electrons. The van der Waals surface area contributed by atoms with E-state index in [1.165, 1.54) is 12.1 Å². The minimum Gasteiger partial charge on any atom is -0.489 e. The Hall–Kier alpha value is -2.07. The van der Waals surface area contributed by atoms with E-state index < -0.39 is 0 Å². The van der Waals surface area contributed by atoms with Crippen LogP contribution in [-0.2, 0) is 11.4 Å². The van der Waals surface area contributed by atoms with Crippen LogP contribution < -0.4 is 10.1 Å². The second kappa shape index (κ2) is 6.91. The van der Waals surface area contributed by atoms with Gasteiger partial charge in [0.05, 0.1) is 0 Å². The molecule has 0 saturated heterocycles. The highest BCUT2D eigenvalue weighted by atomic mass is 35.5. The van der Waals surface area contributed by atoms with Crippen LogP contribution in [0.25, 0.3) is 0 Å². The van der Waals surface area contributed by atoms with Gasteiger partial charge in [0.1, 0.15) is 24.1 Å². The van der Waals surface area contributed by atoms with Crippen molar-refractivity contribution in [1.29, 1.82) is 0 Å². The van der Waals surface area contributed by atoms with Gasteiger partial charge in [-0.25, -0.2) is 4.39 Å². The van der Waals surface area contributed by atoms with Crippen LogP contribution in [0.5, 0.6) is 5.75 Å². The molecular weight excluding hydrogens is 281 g/mol. The van der Waals surface area contributed by atoms with Gasteiger partial charge in [-0.3, -0.25) is 4.79 Å². The third kappa shape index (κ3) is 4.24. The molecule has 1 amide bonds. The van der Waals surface area contributed by atoms with Gasteiger partial charge in [-0.15, -0.1) is 11.6 Å². The molecule has 104 valence electrons. The van der Waals surface area contributed by atoms with Crippen molar-refractivity contribution in [3.05, 3.63) is 59.9 Å². The average Bonchev–Trinajstić information content (AvgIpc) is 2.48. The number of hydrogen-bond donors (Lipinski definition) is 1. The van der Waals surface area contributed by atoms with E-state index in [1.54, 1.807) is 24.3 Å². The summed E-state index contributed by atoms with van der Waals surface area (Å²) in [7, 11) is 0. The Morgan fingerprint density at radius 1 is 1.10 bits per heavy atom. The van der Waals surface area contributed by atoms with Crippen LogP contribution in [0, 0.1) is 5.82 Å². The topological polar surface area (TPSA) is 38.3 Å². The molecule has 2 aromatic carbocycles. The number of carbonyl (C=O) groups is 1. The highest BCUT2D eigenvalue weighted by molar-refractivity contribution is 6.29. The van der Waals surface area contributed by atoms with Crippen LogP contribution >= 0.6 is 11.6 Å². The Kier molecular flexibility index (Phi) is 4.96. The summed E-state index contributed by atoms with van der Waals surface area (Å²) in [6.45, 7) is 0.370. The van der Waals surface area contributed by atoms with E-state index in [0.29, 0.717) is 18.0 Å². The molecule has 0 aliphatic heterocycles. The van der Waals surface area contributed by atoms with Gasteiger partial charge >= 0.3 is 0 Å². The lowest BCUT2D eigenvalue weighted by atomic mass is 10.2. The number of halogens is 2. The first-order valence-corrected chi connectivity index (χ1v) is 6.54. The largest absolute Gasteiger partial charge is 0.489 e. The molecule has 2 rings (SSSR count). The maximum absolute atomic E-state index is 12.7. The fraction of sp³-hybridized carbons (Fsp3) is 0.133. The minimum atomic E-state index is -0.295. The smallest absolute Gasteiger partial charge is 0.239 e. The van der Waals surface area contributed by atoms with Gasteiger partial charge in [-0.2, -0.15) is 0 Å². The van der Waals surface area contributed by atoms with Crippen molar-refractivity contribution in [2.75, 3.05) is 11.2 Å². The fourth-order valence-corrected chi connectivity index (χ4v) is 1.64. The maximum Gasteiger partial charge on any atom is 0.239 e. The molecule has 0 aliphatic rings. The third-order valence-electron chi connectivity index (χ3n) is 2.58. The van der Waals surface area contributed by atoms with E-state index in [4.69, 9.17) is 16.3 Å². The maximum atomic E-state index is 12.7. The van der Waals surface area contributed by atoms with Gasteiger partial charge in [0.25, 0.3) is 0 Å². The summed E-state index contributed by atoms with van der Waals surface area (Å²) in [5.74, 6) is -0.0141. The second-order valence-corrected chi connectivity index (χ2v) is 4.39. The molecule has 0 aliphatic carbocycles. The molecule has 0 saturated carbocycles. The Morgan fingerprint density at radius 3 is 2.35 bits per heavy atom. The molecule has 3 nitrogen and oxygen atoms in total. The van der Waals surface area contributed by atoms with Gasteiger partial charge in [0.2, 0.25) is 5.91 Å². The number of benzene rings is 2. The Morgan fingerprint density at radius 2 is 1.75 bits per heavy atom. The summed E-state index contributed by atoms with van der Waals surface area (Å²) in [5, 5.41) is 2.65. The summed E-state index contributed by atoms with van der Waals surface area (Å²) in [6, 6.07) is 13.1. The van der Waals surface area contributed by atoms with Crippen LogP contribution in [-0.4, -0.2) is 11.8 Å². The molecule has 5 heteroatoms. The van der Waals surface area contributed by atoms with Crippen LogP contribution in [0.1, 0.15) is 5.56 Å². The first kappa shape index (κ1) is 14.3. The lowest BCUT2D eigenvalue weighted by Gasteiger charge is -2.07. The highest BCUT2D eigenvalue weighted by Gasteiger charge is 2.01. The molecule has 20 heavy (non-hydrogen) atoms. The SMILES string of the molecule is O=C(CCl)Nc1ccc(COc2ccc(F)cc2)cc1. The molecule has 0 spiro atoms. The summed E-state index contributed by atoms with van der Waals surface area (Å²) >= 11 is 5.40. The van der Waals surface area contributed by atoms with Crippen molar-refractivity contribution in [2.45, 2.75) is 6.61 Å². The standard InChI is InChI=1S/C15H13ClFNO2/c16-9-15(19)18-13-5-1-11(2-6-13)10-20-14-7-3-12(17)4-8-14/h1-8H,9-10H2,(H,18,19). The summed E-state index contributed by atoms with van der Waals surface area (Å²) < 4.78 is 18.2. The Balaban J connectivity index is 1.90. The van der Waals surface area contributed by atoms with Gasteiger partial charge in [0.15, 0.2) is 0 Å². The Bertz CT molecular complexity index is 569. The molecule has 0 bridgehead atoms. The fourth-order valence-electron chi connectivity index (χ4n) is 1.58. The van der Waals surface area contributed by atoms with Gasteiger partial charge in [-0.1, -0.05) is 12.1 Å². The molecule has 0 fully saturated rings. The number of hydrogen-bond acceptors (Lipinski definition) is 2. The number of anilines is 1. The first-order valence-electron chi connectivity index (χ1n) is 6.00. The molecule has 0 heterocycles. The van der Waals surface area contributed by atoms with Crippen molar-refractivity contribution in [3.63, 3.8) is 0 Å². The van der Waals surface area contributed by atoms with Gasteiger partial charge in [0, 0.05) is 5.69 Å². The van der Waals surface area contributed by atoms with Crippen molar-refractivity contribution in [1.82, 2.24) is 0 Å². The van der Waals surface area contributed by atoms with Crippen LogP contribution in [0.3, 0.4) is 0 Å². The second-order valence-electron chi connectivity index (χ2n) is 4.12. The van der Waals surface area contributed by atoms with E-state index in [9.17, 15) is 9.18 Å². The molecule has 0 aromatic heterocycles. The average molecular weight is 294 g/mol. The molecule has 0 atom stereocenters. The monoisotopic (exact) mass is 293 g/mol. The number of rotatable bonds is 5. The van der Waals surface area contributed by atoms with Gasteiger partial charge < -0.3 is 10.1 Å². The number of alkyl halides is 1. The molecule has 2 aromatic rings. The lowest BCUT2D eigenvalue weighted by Crippen LogP contribution is -2.12. The van der Waals surface area contributed by atoms with Crippen molar-refractivity contribution >= 4 is 23.2 Å². The summed E-state index contributed by atoms with van der Waals surface area (Å²) in [6.07, 6.45) is 0. The van der Waals surface area contributed by atoms with E-state index in [0.717, 1.165) is 5.56 Å². The highest BCUT2D eigenvalue weighted by Crippen LogP contribution is 2.15. The first-order chi connectivity index (χ1) is 9.67. The number of nitrogens with one attached hydrogen (secondary N) is 1. The summed E-state index contributed by atoms with van der Waals surface area (Å²) in [5.41, 5.74) is 1.62. The number of carbonyl (C=O) groups excluding carboxylic acids is 1. The minimum absolute atomic E-state index is 0.0740. The predicted octanol–water partition coefficient (Wildman–Crippen LogP) is 3.58. The predicted molar refractivity (Wildman–Crippen MR) is 76.5 cm³/mol. The summed E-state index contributed by atoms with van der Waals surface area (Å²) in [4.78, 5) is 11.1. The van der Waals surface area contributed by atoms with E-state index in [2.05, 4.69) is 5.32 Å². The zero-order valence-corrected chi connectivity index (χ0v) is 11.4. The van der Waals surface area contributed by atoms with Crippen LogP contribution in [0.15, 0.2) is 48.5 Å². The van der Waals surface area contributed by atoms with Crippen molar-refractivity contribution < 1.29 is 13.9 Å². The lowest BCUT2D eigenvalue weighted by molar-refractivity contribution is -0.113. The van der Waals surface area contributed by atoms with Crippen LogP contribution in [0.4, 0.5) is 10.1 Å². The van der Waals surface area contributed by atoms with Crippen molar-refractivity contribution in [2.24, 2.45) is 0 Å². The quantitative estimate of drug-likeness (QED) is 0.856. The molecule has 1 N–H and O–H groups in total. The third-order valence-corrected chi connectivity index (χ3v) is 2.82. The van der Waals surface area contributed by atoms with Crippen molar-refractivity contribution in [3.8, 4) is 5.75 Å². The normalized spacial score (nSPS) is 10.1. The zero-order valence-electron chi connectivity index (χ0n) is 10.6. The van der Waals surface area contributed by atoms with Crippen LogP contribution in [0.2, 0.25) is 0 Å². The van der Waals surface area contributed by atoms with E-state index in [1.807, 2.05) is 12.1 Å². The van der Waals surface area contributed by atoms with E-state index >= 15 is 0 Å². The number of ether oxygens (including phenoxy) is 1. The van der Waals surface area contributed by atoms with E-state index in [-0.39, 0.29) is 17.6 Å². The zero-order chi connectivity index (χ0) is 14.4.